The topological polar surface area (TPSA) is 33.4 Å². The molecule has 1 aromatic heterocycles. The van der Waals surface area contributed by atoms with Crippen molar-refractivity contribution in [3.8, 4) is 0 Å². The molecule has 0 fully saturated rings. The Labute approximate surface area is 165 Å². The van der Waals surface area contributed by atoms with Gasteiger partial charge in [0.05, 0.1) is 6.10 Å². The second kappa shape index (κ2) is 12.6. The molecule has 0 saturated heterocycles. The number of hydrogen-bond donors (Lipinski definition) is 1. The molecule has 0 aliphatic rings. The van der Waals surface area contributed by atoms with Crippen molar-refractivity contribution in [1.82, 2.24) is 0 Å². The molecule has 2 nitrogen and oxygen atoms in total. The van der Waals surface area contributed by atoms with Gasteiger partial charge in [0, 0.05) is 10.8 Å². The summed E-state index contributed by atoms with van der Waals surface area (Å²) < 4.78 is 5.92. The molecule has 0 amide bonds. The van der Waals surface area contributed by atoms with E-state index in [2.05, 4.69) is 26.0 Å². The first-order chi connectivity index (χ1) is 13.2. The van der Waals surface area contributed by atoms with Crippen LogP contribution in [0.2, 0.25) is 0 Å². The van der Waals surface area contributed by atoms with Crippen LogP contribution in [-0.4, -0.2) is 5.11 Å². The van der Waals surface area contributed by atoms with Gasteiger partial charge in [0.25, 0.3) is 0 Å². The molecular weight excluding hydrogens is 332 g/mol. The summed E-state index contributed by atoms with van der Waals surface area (Å²) in [5.41, 5.74) is 2.72. The van der Waals surface area contributed by atoms with Crippen molar-refractivity contribution in [2.24, 2.45) is 5.92 Å². The molecule has 0 saturated carbocycles. The lowest BCUT2D eigenvalue weighted by atomic mass is 9.93. The molecule has 2 aromatic carbocycles. The zero-order valence-corrected chi connectivity index (χ0v) is 18.1. The van der Waals surface area contributed by atoms with Crippen LogP contribution in [-0.2, 0) is 0 Å². The Balaban J connectivity index is 0.000000855. The van der Waals surface area contributed by atoms with Crippen molar-refractivity contribution in [2.45, 2.75) is 79.8 Å². The van der Waals surface area contributed by atoms with Crippen molar-refractivity contribution >= 4 is 21.9 Å². The monoisotopic (exact) mass is 370 g/mol. The smallest absolute Gasteiger partial charge is 0.135 e. The minimum atomic E-state index is -0.413. The first kappa shape index (κ1) is 23.2. The maximum atomic E-state index is 10.5. The Morgan fingerprint density at radius 2 is 1.56 bits per heavy atom. The quantitative estimate of drug-likeness (QED) is 0.424. The fourth-order valence-electron chi connectivity index (χ4n) is 3.33. The SMILES string of the molecule is CC.CC.CCCCCC(C)CC(O)c1ccc2c(c1)oc1ccccc12. The molecule has 0 radical (unpaired) electrons. The highest BCUT2D eigenvalue weighted by atomic mass is 16.3. The third kappa shape index (κ3) is 6.39. The summed E-state index contributed by atoms with van der Waals surface area (Å²) in [4.78, 5) is 0. The highest BCUT2D eigenvalue weighted by Crippen LogP contribution is 2.32. The number of hydrogen-bond acceptors (Lipinski definition) is 2. The van der Waals surface area contributed by atoms with Gasteiger partial charge in [-0.1, -0.05) is 97.6 Å². The maximum absolute atomic E-state index is 10.5. The van der Waals surface area contributed by atoms with Gasteiger partial charge >= 0.3 is 0 Å². The molecule has 2 atom stereocenters. The molecule has 0 bridgehead atoms. The second-order valence-corrected chi connectivity index (χ2v) is 6.71. The lowest BCUT2D eigenvalue weighted by Gasteiger charge is -2.16. The number of fused-ring (bicyclic) bond motifs is 3. The van der Waals surface area contributed by atoms with Crippen LogP contribution in [0.4, 0.5) is 0 Å². The lowest BCUT2D eigenvalue weighted by Crippen LogP contribution is -2.04. The Bertz CT molecular complexity index is 772. The van der Waals surface area contributed by atoms with E-state index < -0.39 is 6.10 Å². The van der Waals surface area contributed by atoms with E-state index in [0.29, 0.717) is 5.92 Å². The summed E-state index contributed by atoms with van der Waals surface area (Å²) >= 11 is 0. The van der Waals surface area contributed by atoms with Crippen molar-refractivity contribution < 1.29 is 9.52 Å². The van der Waals surface area contributed by atoms with E-state index in [4.69, 9.17) is 4.42 Å². The van der Waals surface area contributed by atoms with Crippen LogP contribution >= 0.6 is 0 Å². The molecule has 0 spiro atoms. The number of aliphatic hydroxyl groups is 1. The molecule has 0 aliphatic carbocycles. The highest BCUT2D eigenvalue weighted by molar-refractivity contribution is 6.04. The van der Waals surface area contributed by atoms with Crippen LogP contribution in [0.5, 0.6) is 0 Å². The Morgan fingerprint density at radius 1 is 0.889 bits per heavy atom. The van der Waals surface area contributed by atoms with Crippen LogP contribution in [0.15, 0.2) is 46.9 Å². The molecule has 1 N–H and O–H groups in total. The Kier molecular flexibility index (Phi) is 10.8. The largest absolute Gasteiger partial charge is 0.456 e. The fourth-order valence-corrected chi connectivity index (χ4v) is 3.33. The summed E-state index contributed by atoms with van der Waals surface area (Å²) in [6, 6.07) is 14.2. The van der Waals surface area contributed by atoms with E-state index in [9.17, 15) is 5.11 Å². The van der Waals surface area contributed by atoms with Crippen LogP contribution in [0.25, 0.3) is 21.9 Å². The van der Waals surface area contributed by atoms with E-state index in [1.165, 1.54) is 25.7 Å². The minimum Gasteiger partial charge on any atom is -0.456 e. The first-order valence-corrected chi connectivity index (χ1v) is 10.8. The number of aliphatic hydroxyl groups excluding tert-OH is 1. The molecule has 2 heteroatoms. The molecule has 27 heavy (non-hydrogen) atoms. The van der Waals surface area contributed by atoms with E-state index in [1.807, 2.05) is 58.0 Å². The van der Waals surface area contributed by atoms with Crippen molar-refractivity contribution in [1.29, 1.82) is 0 Å². The van der Waals surface area contributed by atoms with Gasteiger partial charge in [-0.15, -0.1) is 0 Å². The predicted octanol–water partition coefficient (Wildman–Crippen LogP) is 8.28. The van der Waals surface area contributed by atoms with E-state index in [0.717, 1.165) is 33.9 Å². The van der Waals surface area contributed by atoms with Gasteiger partial charge in [0.15, 0.2) is 0 Å². The Hall–Kier alpha value is -1.80. The number of unbranched alkanes of at least 4 members (excludes halogenated alkanes) is 2. The third-order valence-electron chi connectivity index (χ3n) is 4.71. The highest BCUT2D eigenvalue weighted by Gasteiger charge is 2.14. The zero-order valence-electron chi connectivity index (χ0n) is 18.1. The minimum absolute atomic E-state index is 0.413. The molecule has 3 aromatic rings. The number of furan rings is 1. The van der Waals surface area contributed by atoms with Gasteiger partial charge in [-0.3, -0.25) is 0 Å². The normalized spacial score (nSPS) is 12.7. The van der Waals surface area contributed by atoms with Gasteiger partial charge < -0.3 is 9.52 Å². The molecule has 2 unspecified atom stereocenters. The van der Waals surface area contributed by atoms with Crippen molar-refractivity contribution in [3.05, 3.63) is 48.0 Å². The standard InChI is InChI=1S/C21H26O2.2C2H6/c1-3-4-5-8-15(2)13-19(22)16-11-12-18-17-9-6-7-10-20(17)23-21(18)14-16;2*1-2/h6-7,9-12,14-15,19,22H,3-5,8,13H2,1-2H3;2*1-2H3. The summed E-state index contributed by atoms with van der Waals surface area (Å²) in [6.45, 7) is 12.5. The average molecular weight is 371 g/mol. The van der Waals surface area contributed by atoms with Gasteiger partial charge in [-0.2, -0.15) is 0 Å². The summed E-state index contributed by atoms with van der Waals surface area (Å²) in [5, 5.41) is 12.8. The van der Waals surface area contributed by atoms with Crippen LogP contribution < -0.4 is 0 Å². The van der Waals surface area contributed by atoms with Crippen molar-refractivity contribution in [3.63, 3.8) is 0 Å². The van der Waals surface area contributed by atoms with Gasteiger partial charge in [0.1, 0.15) is 11.2 Å². The molecule has 3 rings (SSSR count). The summed E-state index contributed by atoms with van der Waals surface area (Å²) in [6.07, 6.45) is 5.38. The molecular formula is C25H38O2. The van der Waals surface area contributed by atoms with Crippen LogP contribution in [0, 0.1) is 5.92 Å². The van der Waals surface area contributed by atoms with Crippen LogP contribution in [0.3, 0.4) is 0 Å². The number of para-hydroxylation sites is 1. The third-order valence-corrected chi connectivity index (χ3v) is 4.71. The Morgan fingerprint density at radius 3 is 2.26 bits per heavy atom. The van der Waals surface area contributed by atoms with Gasteiger partial charge in [-0.25, -0.2) is 0 Å². The fraction of sp³-hybridized carbons (Fsp3) is 0.520. The van der Waals surface area contributed by atoms with Crippen molar-refractivity contribution in [2.75, 3.05) is 0 Å². The molecule has 1 heterocycles. The zero-order chi connectivity index (χ0) is 20.2. The second-order valence-electron chi connectivity index (χ2n) is 6.71. The predicted molar refractivity (Wildman–Crippen MR) is 119 cm³/mol. The molecule has 150 valence electrons. The van der Waals surface area contributed by atoms with Gasteiger partial charge in [0.2, 0.25) is 0 Å². The molecule has 0 aliphatic heterocycles. The van der Waals surface area contributed by atoms with Crippen LogP contribution in [0.1, 0.15) is 85.3 Å². The van der Waals surface area contributed by atoms with E-state index >= 15 is 0 Å². The van der Waals surface area contributed by atoms with E-state index in [-0.39, 0.29) is 0 Å². The van der Waals surface area contributed by atoms with Gasteiger partial charge in [-0.05, 0) is 30.0 Å². The first-order valence-electron chi connectivity index (χ1n) is 10.8. The lowest BCUT2D eigenvalue weighted by molar-refractivity contribution is 0.144. The number of benzene rings is 2. The summed E-state index contributed by atoms with van der Waals surface area (Å²) in [5.74, 6) is 0.544. The maximum Gasteiger partial charge on any atom is 0.135 e. The number of rotatable bonds is 7. The average Bonchev–Trinajstić information content (AvgIpc) is 3.09. The summed E-state index contributed by atoms with van der Waals surface area (Å²) in [7, 11) is 0. The van der Waals surface area contributed by atoms with E-state index in [1.54, 1.807) is 0 Å².